The molecule has 106 valence electrons. The van der Waals surface area contributed by atoms with Crippen LogP contribution in [0.5, 0.6) is 0 Å². The Morgan fingerprint density at radius 3 is 3.10 bits per heavy atom. The lowest BCUT2D eigenvalue weighted by Crippen LogP contribution is -2.05. The normalized spacial score (nSPS) is 10.9. The van der Waals surface area contributed by atoms with Gasteiger partial charge in [-0.2, -0.15) is 5.26 Å². The molecule has 0 aliphatic carbocycles. The summed E-state index contributed by atoms with van der Waals surface area (Å²) in [6, 6.07) is 8.16. The SMILES string of the molecule is N#CCCCn1c(Cc2cccs2)nc2cc(Cl)cnc21. The van der Waals surface area contributed by atoms with Crippen molar-refractivity contribution in [1.82, 2.24) is 14.5 Å². The van der Waals surface area contributed by atoms with Crippen molar-refractivity contribution < 1.29 is 0 Å². The van der Waals surface area contributed by atoms with E-state index < -0.39 is 0 Å². The number of pyridine rings is 1. The van der Waals surface area contributed by atoms with Gasteiger partial charge in [0.05, 0.1) is 11.1 Å². The molecule has 0 unspecified atom stereocenters. The number of halogens is 1. The number of thiophene rings is 1. The minimum Gasteiger partial charge on any atom is -0.312 e. The van der Waals surface area contributed by atoms with Gasteiger partial charge in [-0.3, -0.25) is 0 Å². The molecule has 0 N–H and O–H groups in total. The highest BCUT2D eigenvalue weighted by atomic mass is 35.5. The highest BCUT2D eigenvalue weighted by molar-refractivity contribution is 7.09. The molecule has 3 aromatic rings. The van der Waals surface area contributed by atoms with Crippen molar-refractivity contribution in [3.8, 4) is 6.07 Å². The number of aryl methyl sites for hydroxylation is 1. The molecule has 0 spiro atoms. The number of nitrogens with zero attached hydrogens (tertiary/aromatic N) is 4. The Kier molecular flexibility index (Phi) is 4.18. The summed E-state index contributed by atoms with van der Waals surface area (Å²) in [5.41, 5.74) is 1.65. The Balaban J connectivity index is 1.99. The first-order chi connectivity index (χ1) is 10.3. The fraction of sp³-hybridized carbons (Fsp3) is 0.267. The summed E-state index contributed by atoms with van der Waals surface area (Å²) in [4.78, 5) is 10.3. The lowest BCUT2D eigenvalue weighted by molar-refractivity contribution is 0.638. The van der Waals surface area contributed by atoms with Crippen LogP contribution in [0.1, 0.15) is 23.5 Å². The van der Waals surface area contributed by atoms with E-state index in [4.69, 9.17) is 16.9 Å². The summed E-state index contributed by atoms with van der Waals surface area (Å²) >= 11 is 7.71. The second-order valence-corrected chi connectivity index (χ2v) is 6.16. The van der Waals surface area contributed by atoms with Crippen LogP contribution >= 0.6 is 22.9 Å². The van der Waals surface area contributed by atoms with Gasteiger partial charge in [-0.25, -0.2) is 9.97 Å². The Labute approximate surface area is 131 Å². The van der Waals surface area contributed by atoms with Gasteiger partial charge >= 0.3 is 0 Å². The fourth-order valence-corrected chi connectivity index (χ4v) is 3.14. The molecule has 0 amide bonds. The average molecular weight is 317 g/mol. The van der Waals surface area contributed by atoms with Crippen LogP contribution in [-0.2, 0) is 13.0 Å². The molecular formula is C15H13ClN4S. The zero-order chi connectivity index (χ0) is 14.7. The summed E-state index contributed by atoms with van der Waals surface area (Å²) in [5.74, 6) is 0.972. The van der Waals surface area contributed by atoms with Gasteiger partial charge in [0.2, 0.25) is 0 Å². The summed E-state index contributed by atoms with van der Waals surface area (Å²) < 4.78 is 2.10. The van der Waals surface area contributed by atoms with Gasteiger partial charge in [0.1, 0.15) is 11.3 Å². The number of aromatic nitrogens is 3. The molecular weight excluding hydrogens is 304 g/mol. The third kappa shape index (κ3) is 3.07. The predicted molar refractivity (Wildman–Crippen MR) is 84.5 cm³/mol. The molecule has 0 aliphatic heterocycles. The number of unbranched alkanes of at least 4 members (excludes halogenated alkanes) is 1. The maximum atomic E-state index is 8.71. The van der Waals surface area contributed by atoms with Gasteiger partial charge in [0, 0.05) is 30.5 Å². The van der Waals surface area contributed by atoms with Crippen LogP contribution in [0.25, 0.3) is 11.2 Å². The second-order valence-electron chi connectivity index (χ2n) is 4.69. The monoisotopic (exact) mass is 316 g/mol. The second kappa shape index (κ2) is 6.25. The van der Waals surface area contributed by atoms with E-state index in [1.165, 1.54) is 4.88 Å². The molecule has 3 aromatic heterocycles. The van der Waals surface area contributed by atoms with Gasteiger partial charge in [0.15, 0.2) is 5.65 Å². The van der Waals surface area contributed by atoms with Crippen molar-refractivity contribution in [3.63, 3.8) is 0 Å². The van der Waals surface area contributed by atoms with Gasteiger partial charge in [-0.05, 0) is 23.9 Å². The summed E-state index contributed by atoms with van der Waals surface area (Å²) in [6.07, 6.45) is 3.74. The number of fused-ring (bicyclic) bond motifs is 1. The van der Waals surface area contributed by atoms with Crippen LogP contribution in [0, 0.1) is 11.3 Å². The third-order valence-corrected chi connectivity index (χ3v) is 4.30. The number of imidazole rings is 1. The molecule has 0 aliphatic rings. The van der Waals surface area contributed by atoms with Crippen LogP contribution in [0.15, 0.2) is 29.8 Å². The smallest absolute Gasteiger partial charge is 0.160 e. The Morgan fingerprint density at radius 2 is 2.33 bits per heavy atom. The van der Waals surface area contributed by atoms with E-state index in [0.29, 0.717) is 11.4 Å². The highest BCUT2D eigenvalue weighted by Gasteiger charge is 2.13. The molecule has 0 saturated heterocycles. The Morgan fingerprint density at radius 1 is 1.43 bits per heavy atom. The van der Waals surface area contributed by atoms with Gasteiger partial charge in [-0.1, -0.05) is 17.7 Å². The topological polar surface area (TPSA) is 54.5 Å². The molecule has 0 saturated carbocycles. The van der Waals surface area contributed by atoms with Gasteiger partial charge in [0.25, 0.3) is 0 Å². The molecule has 21 heavy (non-hydrogen) atoms. The fourth-order valence-electron chi connectivity index (χ4n) is 2.29. The van der Waals surface area contributed by atoms with Crippen molar-refractivity contribution in [2.75, 3.05) is 0 Å². The Bertz CT molecular complexity index is 786. The molecule has 0 atom stereocenters. The number of rotatable bonds is 5. The van der Waals surface area contributed by atoms with Crippen LogP contribution in [-0.4, -0.2) is 14.5 Å². The quantitative estimate of drug-likeness (QED) is 0.667. The summed E-state index contributed by atoms with van der Waals surface area (Å²) in [7, 11) is 0. The van der Waals surface area contributed by atoms with Crippen molar-refractivity contribution in [2.45, 2.75) is 25.8 Å². The molecule has 4 nitrogen and oxygen atoms in total. The van der Waals surface area contributed by atoms with Gasteiger partial charge < -0.3 is 4.57 Å². The maximum absolute atomic E-state index is 8.71. The van der Waals surface area contributed by atoms with Crippen LogP contribution in [0.2, 0.25) is 5.02 Å². The zero-order valence-electron chi connectivity index (χ0n) is 11.3. The van der Waals surface area contributed by atoms with Crippen molar-refractivity contribution >= 4 is 34.1 Å². The first-order valence-corrected chi connectivity index (χ1v) is 7.93. The first kappa shape index (κ1) is 14.1. The molecule has 0 radical (unpaired) electrons. The van der Waals surface area contributed by atoms with E-state index in [0.717, 1.165) is 36.4 Å². The average Bonchev–Trinajstić information content (AvgIpc) is 3.08. The minimum absolute atomic E-state index is 0.533. The lowest BCUT2D eigenvalue weighted by atomic mass is 10.3. The van der Waals surface area contributed by atoms with Gasteiger partial charge in [-0.15, -0.1) is 11.3 Å². The van der Waals surface area contributed by atoms with Crippen molar-refractivity contribution in [3.05, 3.63) is 45.5 Å². The molecule has 0 bridgehead atoms. The van der Waals surface area contributed by atoms with Crippen LogP contribution in [0.3, 0.4) is 0 Å². The largest absolute Gasteiger partial charge is 0.312 e. The molecule has 0 fully saturated rings. The van der Waals surface area contributed by atoms with Crippen molar-refractivity contribution in [2.24, 2.45) is 0 Å². The summed E-state index contributed by atoms with van der Waals surface area (Å²) in [6.45, 7) is 0.749. The maximum Gasteiger partial charge on any atom is 0.160 e. The van der Waals surface area contributed by atoms with Crippen LogP contribution < -0.4 is 0 Å². The third-order valence-electron chi connectivity index (χ3n) is 3.21. The standard InChI is InChI=1S/C15H13ClN4S/c16-11-8-13-15(18-10-11)20(6-2-1-5-17)14(19-13)9-12-4-3-7-21-12/h3-4,7-8,10H,1-2,6,9H2. The van der Waals surface area contributed by atoms with E-state index in [9.17, 15) is 0 Å². The molecule has 6 heteroatoms. The zero-order valence-corrected chi connectivity index (χ0v) is 12.9. The molecule has 0 aromatic carbocycles. The van der Waals surface area contributed by atoms with E-state index in [2.05, 4.69) is 32.1 Å². The first-order valence-electron chi connectivity index (χ1n) is 6.68. The summed E-state index contributed by atoms with van der Waals surface area (Å²) in [5, 5.41) is 11.4. The Hall–Kier alpha value is -1.90. The van der Waals surface area contributed by atoms with Crippen molar-refractivity contribution in [1.29, 1.82) is 5.26 Å². The lowest BCUT2D eigenvalue weighted by Gasteiger charge is -2.06. The van der Waals surface area contributed by atoms with E-state index in [-0.39, 0.29) is 0 Å². The van der Waals surface area contributed by atoms with Crippen LogP contribution in [0.4, 0.5) is 0 Å². The highest BCUT2D eigenvalue weighted by Crippen LogP contribution is 2.22. The number of hydrogen-bond donors (Lipinski definition) is 0. The van der Waals surface area contributed by atoms with E-state index in [1.54, 1.807) is 17.5 Å². The molecule has 3 rings (SSSR count). The van der Waals surface area contributed by atoms with E-state index in [1.807, 2.05) is 12.1 Å². The van der Waals surface area contributed by atoms with E-state index >= 15 is 0 Å². The predicted octanol–water partition coefficient (Wildman–Crippen LogP) is 4.04. The number of nitriles is 1. The minimum atomic E-state index is 0.533. The number of hydrogen-bond acceptors (Lipinski definition) is 4. The molecule has 3 heterocycles.